The van der Waals surface area contributed by atoms with Crippen LogP contribution in [0.1, 0.15) is 58.8 Å². The number of carbonyl (C=O) groups excluding carboxylic acids is 1. The fourth-order valence-electron chi connectivity index (χ4n) is 2.76. The van der Waals surface area contributed by atoms with Crippen LogP contribution in [0.3, 0.4) is 0 Å². The van der Waals surface area contributed by atoms with Gasteiger partial charge in [-0.15, -0.1) is 0 Å². The van der Waals surface area contributed by atoms with E-state index < -0.39 is 29.6 Å². The van der Waals surface area contributed by atoms with Crippen LogP contribution in [-0.4, -0.2) is 44.5 Å². The Morgan fingerprint density at radius 3 is 2.38 bits per heavy atom. The molecule has 0 fully saturated rings. The molecule has 0 bridgehead atoms. The monoisotopic (exact) mass is 422 g/mol. The van der Waals surface area contributed by atoms with Crippen LogP contribution in [0.15, 0.2) is 10.5 Å². The molecule has 6 nitrogen and oxygen atoms in total. The number of methoxy groups -OCH3 is 1. The highest BCUT2D eigenvalue weighted by atomic mass is 19.4. The maximum Gasteiger partial charge on any atom is 0.389 e. The van der Waals surface area contributed by atoms with Crippen LogP contribution in [0, 0.1) is 0 Å². The predicted octanol–water partition coefficient (Wildman–Crippen LogP) is 4.39. The van der Waals surface area contributed by atoms with Crippen LogP contribution in [0.4, 0.5) is 19.1 Å². The summed E-state index contributed by atoms with van der Waals surface area (Å²) in [5.41, 5.74) is -0.876. The van der Waals surface area contributed by atoms with Crippen molar-refractivity contribution in [2.24, 2.45) is 0 Å². The quantitative estimate of drug-likeness (QED) is 0.489. The third-order valence-electron chi connectivity index (χ3n) is 4.54. The molecule has 1 rings (SSSR count). The number of carbonyl (C=O) groups is 1. The highest BCUT2D eigenvalue weighted by Gasteiger charge is 2.32. The third kappa shape index (κ3) is 8.36. The smallest absolute Gasteiger partial charge is 0.389 e. The van der Waals surface area contributed by atoms with E-state index in [4.69, 9.17) is 13.9 Å². The van der Waals surface area contributed by atoms with Crippen LogP contribution in [0.2, 0.25) is 0 Å². The van der Waals surface area contributed by atoms with Gasteiger partial charge in [0, 0.05) is 31.6 Å². The molecule has 0 aliphatic rings. The molecule has 0 spiro atoms. The van der Waals surface area contributed by atoms with E-state index in [-0.39, 0.29) is 18.8 Å². The Morgan fingerprint density at radius 1 is 1.17 bits per heavy atom. The molecular weight excluding hydrogens is 389 g/mol. The summed E-state index contributed by atoms with van der Waals surface area (Å²) in [4.78, 5) is 12.6. The molecule has 2 N–H and O–H groups in total. The van der Waals surface area contributed by atoms with Gasteiger partial charge in [-0.25, -0.2) is 0 Å². The summed E-state index contributed by atoms with van der Waals surface area (Å²) in [5.74, 6) is 0.569. The first kappa shape index (κ1) is 25.5. The first-order chi connectivity index (χ1) is 13.3. The molecule has 1 amide bonds. The van der Waals surface area contributed by atoms with Gasteiger partial charge in [0.25, 0.3) is 0 Å². The maximum absolute atomic E-state index is 12.6. The van der Waals surface area contributed by atoms with Crippen molar-refractivity contribution < 1.29 is 31.9 Å². The number of alkyl halides is 3. The SMILES string of the molecule is CCc1oc(NC(=O)C(C)(C)NCCCC(F)(F)F)cc1C(C)(C)OCCOC. The van der Waals surface area contributed by atoms with Crippen molar-refractivity contribution in [2.75, 3.05) is 32.2 Å². The molecule has 1 aromatic rings. The van der Waals surface area contributed by atoms with Crippen molar-refractivity contribution in [3.8, 4) is 0 Å². The van der Waals surface area contributed by atoms with Gasteiger partial charge < -0.3 is 19.2 Å². The van der Waals surface area contributed by atoms with Crippen molar-refractivity contribution in [3.63, 3.8) is 0 Å². The highest BCUT2D eigenvalue weighted by Crippen LogP contribution is 2.33. The molecule has 0 aliphatic heterocycles. The molecule has 0 saturated carbocycles. The number of hydrogen-bond donors (Lipinski definition) is 2. The minimum absolute atomic E-state index is 0.0733. The van der Waals surface area contributed by atoms with E-state index in [0.717, 1.165) is 5.56 Å². The van der Waals surface area contributed by atoms with Gasteiger partial charge in [0.05, 0.1) is 24.4 Å². The van der Waals surface area contributed by atoms with Crippen molar-refractivity contribution in [1.29, 1.82) is 0 Å². The molecular formula is C20H33F3N2O4. The molecule has 29 heavy (non-hydrogen) atoms. The molecule has 168 valence electrons. The number of aryl methyl sites for hydroxylation is 1. The summed E-state index contributed by atoms with van der Waals surface area (Å²) in [6.07, 6.45) is -4.58. The third-order valence-corrected chi connectivity index (χ3v) is 4.54. The van der Waals surface area contributed by atoms with Gasteiger partial charge in [-0.05, 0) is 40.7 Å². The molecule has 1 heterocycles. The summed E-state index contributed by atoms with van der Waals surface area (Å²) < 4.78 is 53.4. The minimum atomic E-state index is -4.20. The van der Waals surface area contributed by atoms with Crippen LogP contribution in [0.5, 0.6) is 0 Å². The molecule has 0 saturated heterocycles. The number of hydrogen-bond acceptors (Lipinski definition) is 5. The van der Waals surface area contributed by atoms with E-state index in [0.29, 0.717) is 25.4 Å². The predicted molar refractivity (Wildman–Crippen MR) is 105 cm³/mol. The lowest BCUT2D eigenvalue weighted by molar-refractivity contribution is -0.135. The first-order valence-corrected chi connectivity index (χ1v) is 9.71. The van der Waals surface area contributed by atoms with Crippen molar-refractivity contribution in [2.45, 2.75) is 71.2 Å². The van der Waals surface area contributed by atoms with Crippen LogP contribution in [0.25, 0.3) is 0 Å². The minimum Gasteiger partial charge on any atom is -0.445 e. The molecule has 1 aromatic heterocycles. The Hall–Kier alpha value is -1.58. The van der Waals surface area contributed by atoms with E-state index >= 15 is 0 Å². The molecule has 0 unspecified atom stereocenters. The summed E-state index contributed by atoms with van der Waals surface area (Å²) in [6, 6.07) is 1.73. The number of amides is 1. The highest BCUT2D eigenvalue weighted by molar-refractivity contribution is 5.96. The lowest BCUT2D eigenvalue weighted by Gasteiger charge is -2.25. The largest absolute Gasteiger partial charge is 0.445 e. The van der Waals surface area contributed by atoms with Crippen LogP contribution >= 0.6 is 0 Å². The average molecular weight is 422 g/mol. The Bertz CT molecular complexity index is 655. The second-order valence-corrected chi connectivity index (χ2v) is 7.88. The Labute approximate surface area is 170 Å². The molecule has 0 atom stereocenters. The van der Waals surface area contributed by atoms with Crippen molar-refractivity contribution >= 4 is 11.8 Å². The van der Waals surface area contributed by atoms with Crippen molar-refractivity contribution in [1.82, 2.24) is 5.32 Å². The number of furan rings is 1. The van der Waals surface area contributed by atoms with Crippen LogP contribution < -0.4 is 10.6 Å². The number of anilines is 1. The fraction of sp³-hybridized carbons (Fsp3) is 0.750. The summed E-state index contributed by atoms with van der Waals surface area (Å²) in [6.45, 7) is 9.91. The van der Waals surface area contributed by atoms with Crippen LogP contribution in [-0.2, 0) is 26.3 Å². The summed E-state index contributed by atoms with van der Waals surface area (Å²) in [5, 5.41) is 5.56. The van der Waals surface area contributed by atoms with E-state index in [9.17, 15) is 18.0 Å². The molecule has 0 aromatic carbocycles. The van der Waals surface area contributed by atoms with Gasteiger partial charge >= 0.3 is 6.18 Å². The van der Waals surface area contributed by atoms with Gasteiger partial charge in [-0.3, -0.25) is 10.1 Å². The molecule has 0 aliphatic carbocycles. The number of halogens is 3. The lowest BCUT2D eigenvalue weighted by atomic mass is 9.97. The van der Waals surface area contributed by atoms with Crippen molar-refractivity contribution in [3.05, 3.63) is 17.4 Å². The zero-order valence-electron chi connectivity index (χ0n) is 18.1. The summed E-state index contributed by atoms with van der Waals surface area (Å²) >= 11 is 0. The fourth-order valence-corrected chi connectivity index (χ4v) is 2.76. The van der Waals surface area contributed by atoms with Gasteiger partial charge in [-0.2, -0.15) is 13.2 Å². The van der Waals surface area contributed by atoms with E-state index in [1.165, 1.54) is 0 Å². The standard InChI is InChI=1S/C20H33F3N2O4/c1-7-15-14(19(4,5)28-12-11-27-6)13-16(29-15)25-17(26)18(2,3)24-10-8-9-20(21,22)23/h13,24H,7-12H2,1-6H3,(H,25,26). The van der Waals surface area contributed by atoms with E-state index in [2.05, 4.69) is 10.6 Å². The van der Waals surface area contributed by atoms with Gasteiger partial charge in [0.1, 0.15) is 5.76 Å². The second-order valence-electron chi connectivity index (χ2n) is 7.88. The topological polar surface area (TPSA) is 72.7 Å². The Balaban J connectivity index is 2.76. The normalized spacial score (nSPS) is 13.0. The number of ether oxygens (including phenoxy) is 2. The molecule has 0 radical (unpaired) electrons. The first-order valence-electron chi connectivity index (χ1n) is 9.71. The Kier molecular flexibility index (Phi) is 9.17. The molecule has 9 heteroatoms. The Morgan fingerprint density at radius 2 is 1.83 bits per heavy atom. The number of nitrogens with one attached hydrogen (secondary N) is 2. The van der Waals surface area contributed by atoms with E-state index in [1.54, 1.807) is 27.0 Å². The van der Waals surface area contributed by atoms with Gasteiger partial charge in [-0.1, -0.05) is 6.92 Å². The average Bonchev–Trinajstić information content (AvgIpc) is 3.02. The maximum atomic E-state index is 12.6. The second kappa shape index (κ2) is 10.4. The lowest BCUT2D eigenvalue weighted by Crippen LogP contribution is -2.50. The summed E-state index contributed by atoms with van der Waals surface area (Å²) in [7, 11) is 1.60. The van der Waals surface area contributed by atoms with Gasteiger partial charge in [0.2, 0.25) is 5.91 Å². The van der Waals surface area contributed by atoms with Gasteiger partial charge in [0.15, 0.2) is 5.88 Å². The van der Waals surface area contributed by atoms with E-state index in [1.807, 2.05) is 20.8 Å². The number of rotatable bonds is 12. The zero-order valence-corrected chi connectivity index (χ0v) is 18.1. The zero-order chi connectivity index (χ0) is 22.3.